The summed E-state index contributed by atoms with van der Waals surface area (Å²) in [5.74, 6) is -0.621. The van der Waals surface area contributed by atoms with Gasteiger partial charge in [0.05, 0.1) is 24.1 Å². The van der Waals surface area contributed by atoms with Gasteiger partial charge < -0.3 is 15.2 Å². The van der Waals surface area contributed by atoms with E-state index in [2.05, 4.69) is 15.6 Å². The zero-order valence-electron chi connectivity index (χ0n) is 11.1. The Morgan fingerprint density at radius 1 is 1.33 bits per heavy atom. The molecule has 0 fully saturated rings. The van der Waals surface area contributed by atoms with Crippen molar-refractivity contribution in [3.05, 3.63) is 35.3 Å². The zero-order chi connectivity index (χ0) is 15.2. The molecule has 21 heavy (non-hydrogen) atoms. The number of amides is 2. The van der Waals surface area contributed by atoms with E-state index in [-0.39, 0.29) is 10.6 Å². The van der Waals surface area contributed by atoms with Gasteiger partial charge in [0.25, 0.3) is 0 Å². The number of ether oxygens (including phenoxy) is 1. The van der Waals surface area contributed by atoms with E-state index in [0.29, 0.717) is 18.2 Å². The molecule has 0 bridgehead atoms. The third kappa shape index (κ3) is 3.93. The van der Waals surface area contributed by atoms with Gasteiger partial charge in [0.1, 0.15) is 5.00 Å². The molecule has 7 nitrogen and oxygen atoms in total. The summed E-state index contributed by atoms with van der Waals surface area (Å²) in [6.45, 7) is 2.36. The van der Waals surface area contributed by atoms with E-state index in [4.69, 9.17) is 9.84 Å². The first-order chi connectivity index (χ1) is 10.1. The van der Waals surface area contributed by atoms with Crippen LogP contribution in [0.15, 0.2) is 29.8 Å². The minimum absolute atomic E-state index is 0.0555. The predicted molar refractivity (Wildman–Crippen MR) is 79.3 cm³/mol. The van der Waals surface area contributed by atoms with Crippen molar-refractivity contribution >= 4 is 34.0 Å². The Morgan fingerprint density at radius 3 is 2.76 bits per heavy atom. The van der Waals surface area contributed by atoms with Crippen LogP contribution in [-0.2, 0) is 0 Å². The minimum atomic E-state index is -1.09. The number of urea groups is 1. The Labute approximate surface area is 124 Å². The van der Waals surface area contributed by atoms with Crippen LogP contribution in [-0.4, -0.2) is 28.7 Å². The van der Waals surface area contributed by atoms with Crippen molar-refractivity contribution in [2.45, 2.75) is 6.92 Å². The van der Waals surface area contributed by atoms with Crippen LogP contribution >= 0.6 is 11.3 Å². The lowest BCUT2D eigenvalue weighted by Crippen LogP contribution is -2.20. The van der Waals surface area contributed by atoms with E-state index < -0.39 is 12.0 Å². The molecule has 2 rings (SSSR count). The van der Waals surface area contributed by atoms with Gasteiger partial charge in [0.15, 0.2) is 0 Å². The number of carbonyl (C=O) groups excluding carboxylic acids is 1. The second kappa shape index (κ2) is 6.71. The molecule has 3 N–H and O–H groups in total. The number of aromatic carboxylic acids is 1. The number of nitrogens with one attached hydrogen (secondary N) is 2. The molecule has 0 radical (unpaired) electrons. The van der Waals surface area contributed by atoms with Crippen LogP contribution in [0.1, 0.15) is 17.3 Å². The summed E-state index contributed by atoms with van der Waals surface area (Å²) in [7, 11) is 0. The molecule has 2 amide bonds. The van der Waals surface area contributed by atoms with Gasteiger partial charge in [0, 0.05) is 6.07 Å². The summed E-state index contributed by atoms with van der Waals surface area (Å²) in [5, 5.41) is 15.9. The summed E-state index contributed by atoms with van der Waals surface area (Å²) < 4.78 is 5.19. The maximum atomic E-state index is 11.8. The fourth-order valence-corrected chi connectivity index (χ4v) is 2.30. The number of pyridine rings is 1. The average Bonchev–Trinajstić information content (AvgIpc) is 2.89. The van der Waals surface area contributed by atoms with Crippen LogP contribution in [0.25, 0.3) is 0 Å². The lowest BCUT2D eigenvalue weighted by Gasteiger charge is -2.07. The Hall–Kier alpha value is -2.61. The highest BCUT2D eigenvalue weighted by atomic mass is 32.1. The number of carbonyl (C=O) groups is 2. The summed E-state index contributed by atoms with van der Waals surface area (Å²) in [6, 6.07) is 4.17. The smallest absolute Gasteiger partial charge is 0.338 e. The fourth-order valence-electron chi connectivity index (χ4n) is 1.53. The van der Waals surface area contributed by atoms with E-state index in [1.54, 1.807) is 17.5 Å². The molecule has 0 aliphatic rings. The molecule has 0 atom stereocenters. The number of thiophene rings is 1. The summed E-state index contributed by atoms with van der Waals surface area (Å²) in [5.41, 5.74) is 0.532. The molecule has 110 valence electrons. The van der Waals surface area contributed by atoms with Crippen LogP contribution in [0.3, 0.4) is 0 Å². The lowest BCUT2D eigenvalue weighted by atomic mass is 10.3. The molecule has 0 aliphatic carbocycles. The highest BCUT2D eigenvalue weighted by molar-refractivity contribution is 7.14. The number of nitrogens with zero attached hydrogens (tertiary/aromatic N) is 1. The molecule has 8 heteroatoms. The van der Waals surface area contributed by atoms with E-state index in [0.717, 1.165) is 11.3 Å². The third-order valence-corrected chi connectivity index (χ3v) is 3.24. The Kier molecular flexibility index (Phi) is 4.72. The Balaban J connectivity index is 1.98. The monoisotopic (exact) mass is 307 g/mol. The van der Waals surface area contributed by atoms with E-state index in [1.165, 1.54) is 12.3 Å². The van der Waals surface area contributed by atoms with Crippen molar-refractivity contribution in [3.63, 3.8) is 0 Å². The van der Waals surface area contributed by atoms with Gasteiger partial charge in [0.2, 0.25) is 5.88 Å². The molecule has 2 heterocycles. The molecular formula is C13H13N3O4S. The summed E-state index contributed by atoms with van der Waals surface area (Å²) in [6.07, 6.45) is 1.46. The molecular weight excluding hydrogens is 294 g/mol. The van der Waals surface area contributed by atoms with Gasteiger partial charge in [-0.2, -0.15) is 0 Å². The largest absolute Gasteiger partial charge is 0.478 e. The van der Waals surface area contributed by atoms with Crippen molar-refractivity contribution in [2.24, 2.45) is 0 Å². The maximum absolute atomic E-state index is 11.8. The van der Waals surface area contributed by atoms with Crippen LogP contribution in [0, 0.1) is 0 Å². The predicted octanol–water partition coefficient (Wildman–Crippen LogP) is 2.88. The molecule has 0 saturated carbocycles. The normalized spacial score (nSPS) is 9.95. The first kappa shape index (κ1) is 14.8. The highest BCUT2D eigenvalue weighted by Gasteiger charge is 2.13. The molecule has 0 unspecified atom stereocenters. The molecule has 0 aromatic carbocycles. The van der Waals surface area contributed by atoms with E-state index >= 15 is 0 Å². The Bertz CT molecular complexity index is 639. The van der Waals surface area contributed by atoms with E-state index in [9.17, 15) is 9.59 Å². The van der Waals surface area contributed by atoms with E-state index in [1.807, 2.05) is 6.92 Å². The van der Waals surface area contributed by atoms with Gasteiger partial charge in [-0.1, -0.05) is 0 Å². The van der Waals surface area contributed by atoms with Crippen molar-refractivity contribution in [3.8, 4) is 5.88 Å². The number of carboxylic acids is 1. The number of carboxylic acid groups (broad SMARTS) is 1. The number of aromatic nitrogens is 1. The second-order valence-electron chi connectivity index (χ2n) is 3.87. The second-order valence-corrected chi connectivity index (χ2v) is 4.78. The number of hydrogen-bond donors (Lipinski definition) is 3. The van der Waals surface area contributed by atoms with Crippen LogP contribution in [0.2, 0.25) is 0 Å². The molecule has 0 spiro atoms. The van der Waals surface area contributed by atoms with Crippen LogP contribution in [0.4, 0.5) is 15.5 Å². The van der Waals surface area contributed by atoms with Crippen molar-refractivity contribution in [1.82, 2.24) is 4.98 Å². The van der Waals surface area contributed by atoms with Gasteiger partial charge in [-0.25, -0.2) is 14.6 Å². The third-order valence-electron chi connectivity index (χ3n) is 2.41. The molecule has 0 aliphatic heterocycles. The average molecular weight is 307 g/mol. The first-order valence-electron chi connectivity index (χ1n) is 6.07. The zero-order valence-corrected chi connectivity index (χ0v) is 11.9. The van der Waals surface area contributed by atoms with Gasteiger partial charge >= 0.3 is 12.0 Å². The summed E-state index contributed by atoms with van der Waals surface area (Å²) >= 11 is 1.14. The van der Waals surface area contributed by atoms with Crippen molar-refractivity contribution in [1.29, 1.82) is 0 Å². The van der Waals surface area contributed by atoms with Gasteiger partial charge in [-0.3, -0.25) is 5.32 Å². The highest BCUT2D eigenvalue weighted by Crippen LogP contribution is 2.23. The topological polar surface area (TPSA) is 101 Å². The summed E-state index contributed by atoms with van der Waals surface area (Å²) in [4.78, 5) is 26.7. The fraction of sp³-hybridized carbons (Fsp3) is 0.154. The quantitative estimate of drug-likeness (QED) is 0.788. The molecule has 0 saturated heterocycles. The molecule has 2 aromatic heterocycles. The van der Waals surface area contributed by atoms with Gasteiger partial charge in [-0.15, -0.1) is 11.3 Å². The standard InChI is InChI=1S/C13H13N3O4S/c1-2-20-10-4-3-8(7-14-10)15-13(19)16-11-9(12(17)18)5-6-21-11/h3-7H,2H2,1H3,(H,17,18)(H2,15,16,19). The SMILES string of the molecule is CCOc1ccc(NC(=O)Nc2sccc2C(=O)O)cn1. The number of anilines is 2. The molecule has 2 aromatic rings. The van der Waals surface area contributed by atoms with Crippen molar-refractivity contribution in [2.75, 3.05) is 17.2 Å². The maximum Gasteiger partial charge on any atom is 0.338 e. The number of hydrogen-bond acceptors (Lipinski definition) is 5. The van der Waals surface area contributed by atoms with Crippen LogP contribution < -0.4 is 15.4 Å². The minimum Gasteiger partial charge on any atom is -0.478 e. The Morgan fingerprint density at radius 2 is 2.14 bits per heavy atom. The first-order valence-corrected chi connectivity index (χ1v) is 6.95. The number of rotatable bonds is 5. The van der Waals surface area contributed by atoms with Gasteiger partial charge in [-0.05, 0) is 24.4 Å². The van der Waals surface area contributed by atoms with Crippen molar-refractivity contribution < 1.29 is 19.4 Å². The lowest BCUT2D eigenvalue weighted by molar-refractivity contribution is 0.0698. The van der Waals surface area contributed by atoms with Crippen LogP contribution in [0.5, 0.6) is 5.88 Å².